The van der Waals surface area contributed by atoms with Gasteiger partial charge in [0.2, 0.25) is 0 Å². The Morgan fingerprint density at radius 3 is 2.59 bits per heavy atom. The number of nitrogen functional groups attached to an aromatic ring is 1. The van der Waals surface area contributed by atoms with Crippen LogP contribution in [0.15, 0.2) is 42.6 Å². The van der Waals surface area contributed by atoms with Gasteiger partial charge in [-0.25, -0.2) is 4.98 Å². The third-order valence-electron chi connectivity index (χ3n) is 2.08. The number of anilines is 1. The van der Waals surface area contributed by atoms with Crippen LogP contribution in [0, 0.1) is 0 Å². The summed E-state index contributed by atoms with van der Waals surface area (Å²) in [6, 6.07) is 10.2. The molecule has 86 valence electrons. The van der Waals surface area contributed by atoms with Crippen molar-refractivity contribution in [1.82, 2.24) is 4.98 Å². The van der Waals surface area contributed by atoms with E-state index in [1.807, 2.05) is 0 Å². The van der Waals surface area contributed by atoms with Crippen LogP contribution in [0.1, 0.15) is 10.5 Å². The molecule has 0 aliphatic rings. The molecule has 0 bridgehead atoms. The van der Waals surface area contributed by atoms with Crippen molar-refractivity contribution in [3.63, 3.8) is 0 Å². The largest absolute Gasteiger partial charge is 0.456 e. The van der Waals surface area contributed by atoms with Crippen LogP contribution in [-0.2, 0) is 0 Å². The van der Waals surface area contributed by atoms with Crippen LogP contribution in [-0.4, -0.2) is 10.9 Å². The van der Waals surface area contributed by atoms with Gasteiger partial charge in [0, 0.05) is 11.8 Å². The van der Waals surface area contributed by atoms with Gasteiger partial charge >= 0.3 is 0 Å². The van der Waals surface area contributed by atoms with E-state index in [4.69, 9.17) is 16.2 Å². The molecule has 2 rings (SSSR count). The second kappa shape index (κ2) is 4.52. The summed E-state index contributed by atoms with van der Waals surface area (Å²) in [5, 5.41) is 0. The highest BCUT2D eigenvalue weighted by molar-refractivity contribution is 5.90. The monoisotopic (exact) mass is 229 g/mol. The Balaban J connectivity index is 2.16. The normalized spacial score (nSPS) is 9.88. The molecule has 2 aromatic rings. The van der Waals surface area contributed by atoms with Gasteiger partial charge in [-0.2, -0.15) is 0 Å². The average Bonchev–Trinajstić information content (AvgIpc) is 2.29. The van der Waals surface area contributed by atoms with E-state index in [0.717, 1.165) is 0 Å². The van der Waals surface area contributed by atoms with Crippen molar-refractivity contribution in [2.75, 3.05) is 5.73 Å². The van der Waals surface area contributed by atoms with Gasteiger partial charge in [-0.05, 0) is 24.3 Å². The number of hydrogen-bond acceptors (Lipinski definition) is 4. The molecule has 0 unspecified atom stereocenters. The van der Waals surface area contributed by atoms with E-state index in [-0.39, 0.29) is 5.69 Å². The van der Waals surface area contributed by atoms with E-state index in [2.05, 4.69) is 4.98 Å². The summed E-state index contributed by atoms with van der Waals surface area (Å²) < 4.78 is 5.50. The van der Waals surface area contributed by atoms with Gasteiger partial charge in [0.05, 0.1) is 6.20 Å². The standard InChI is InChI=1S/C12H11N3O2/c13-8-2-1-3-9(6-8)17-10-4-5-11(12(14)16)15-7-10/h1-7H,13H2,(H2,14,16). The molecule has 17 heavy (non-hydrogen) atoms. The highest BCUT2D eigenvalue weighted by Gasteiger charge is 2.02. The summed E-state index contributed by atoms with van der Waals surface area (Å²) in [5.41, 5.74) is 11.5. The Hall–Kier alpha value is -2.56. The fourth-order valence-electron chi connectivity index (χ4n) is 1.30. The maximum Gasteiger partial charge on any atom is 0.267 e. The molecule has 0 aliphatic heterocycles. The van der Waals surface area contributed by atoms with Crippen LogP contribution in [0.3, 0.4) is 0 Å². The molecule has 0 saturated carbocycles. The minimum atomic E-state index is -0.569. The van der Waals surface area contributed by atoms with Crippen molar-refractivity contribution in [1.29, 1.82) is 0 Å². The van der Waals surface area contributed by atoms with Crippen molar-refractivity contribution in [2.24, 2.45) is 5.73 Å². The first-order chi connectivity index (χ1) is 8.15. The molecule has 0 fully saturated rings. The van der Waals surface area contributed by atoms with Gasteiger partial charge in [0.1, 0.15) is 17.2 Å². The molecular weight excluding hydrogens is 218 g/mol. The van der Waals surface area contributed by atoms with Gasteiger partial charge < -0.3 is 16.2 Å². The van der Waals surface area contributed by atoms with E-state index in [1.165, 1.54) is 12.3 Å². The molecule has 5 nitrogen and oxygen atoms in total. The molecular formula is C12H11N3O2. The number of primary amides is 1. The number of benzene rings is 1. The second-order valence-electron chi connectivity index (χ2n) is 3.42. The zero-order chi connectivity index (χ0) is 12.3. The number of ether oxygens (including phenoxy) is 1. The summed E-state index contributed by atoms with van der Waals surface area (Å²) in [6.07, 6.45) is 1.43. The van der Waals surface area contributed by atoms with E-state index >= 15 is 0 Å². The summed E-state index contributed by atoms with van der Waals surface area (Å²) in [4.78, 5) is 14.7. The van der Waals surface area contributed by atoms with Crippen molar-refractivity contribution < 1.29 is 9.53 Å². The molecule has 1 aromatic carbocycles. The Bertz CT molecular complexity index is 538. The first kappa shape index (κ1) is 10.9. The lowest BCUT2D eigenvalue weighted by atomic mass is 10.3. The fourth-order valence-corrected chi connectivity index (χ4v) is 1.30. The number of pyridine rings is 1. The SMILES string of the molecule is NC(=O)c1ccc(Oc2cccc(N)c2)cn1. The number of carbonyl (C=O) groups excluding carboxylic acids is 1. The smallest absolute Gasteiger partial charge is 0.267 e. The van der Waals surface area contributed by atoms with Crippen LogP contribution in [0.4, 0.5) is 5.69 Å². The maximum absolute atomic E-state index is 10.8. The number of aromatic nitrogens is 1. The fraction of sp³-hybridized carbons (Fsp3) is 0. The van der Waals surface area contributed by atoms with Crippen molar-refractivity contribution in [3.05, 3.63) is 48.3 Å². The number of carbonyl (C=O) groups is 1. The number of amides is 1. The second-order valence-corrected chi connectivity index (χ2v) is 3.42. The summed E-state index contributed by atoms with van der Waals surface area (Å²) >= 11 is 0. The number of nitrogens with zero attached hydrogens (tertiary/aromatic N) is 1. The predicted molar refractivity (Wildman–Crippen MR) is 63.7 cm³/mol. The van der Waals surface area contributed by atoms with E-state index in [1.54, 1.807) is 30.3 Å². The Morgan fingerprint density at radius 1 is 1.18 bits per heavy atom. The van der Waals surface area contributed by atoms with Gasteiger partial charge in [-0.1, -0.05) is 6.07 Å². The van der Waals surface area contributed by atoms with Crippen molar-refractivity contribution in [3.8, 4) is 11.5 Å². The van der Waals surface area contributed by atoms with Crippen molar-refractivity contribution >= 4 is 11.6 Å². The predicted octanol–water partition coefficient (Wildman–Crippen LogP) is 1.55. The molecule has 1 amide bonds. The summed E-state index contributed by atoms with van der Waals surface area (Å²) in [7, 11) is 0. The third kappa shape index (κ3) is 2.72. The first-order valence-corrected chi connectivity index (χ1v) is 4.94. The summed E-state index contributed by atoms with van der Waals surface area (Å²) in [6.45, 7) is 0. The molecule has 0 spiro atoms. The third-order valence-corrected chi connectivity index (χ3v) is 2.08. The molecule has 1 aromatic heterocycles. The first-order valence-electron chi connectivity index (χ1n) is 4.94. The van der Waals surface area contributed by atoms with Crippen LogP contribution < -0.4 is 16.2 Å². The minimum absolute atomic E-state index is 0.199. The van der Waals surface area contributed by atoms with Gasteiger partial charge in [-0.15, -0.1) is 0 Å². The van der Waals surface area contributed by atoms with Crippen molar-refractivity contribution in [2.45, 2.75) is 0 Å². The molecule has 5 heteroatoms. The Labute approximate surface area is 98.0 Å². The zero-order valence-electron chi connectivity index (χ0n) is 8.96. The average molecular weight is 229 g/mol. The Morgan fingerprint density at radius 2 is 2.00 bits per heavy atom. The van der Waals surface area contributed by atoms with Crippen LogP contribution >= 0.6 is 0 Å². The number of nitrogens with two attached hydrogens (primary N) is 2. The van der Waals surface area contributed by atoms with Gasteiger partial charge in [0.15, 0.2) is 0 Å². The number of hydrogen-bond donors (Lipinski definition) is 2. The maximum atomic E-state index is 10.8. The van der Waals surface area contributed by atoms with E-state index in [0.29, 0.717) is 17.2 Å². The molecule has 1 heterocycles. The van der Waals surface area contributed by atoms with E-state index in [9.17, 15) is 4.79 Å². The van der Waals surface area contributed by atoms with Gasteiger partial charge in [0.25, 0.3) is 5.91 Å². The quantitative estimate of drug-likeness (QED) is 0.781. The lowest BCUT2D eigenvalue weighted by Crippen LogP contribution is -2.12. The van der Waals surface area contributed by atoms with Crippen LogP contribution in [0.5, 0.6) is 11.5 Å². The minimum Gasteiger partial charge on any atom is -0.456 e. The Kier molecular flexibility index (Phi) is 2.91. The number of rotatable bonds is 3. The molecule has 4 N–H and O–H groups in total. The van der Waals surface area contributed by atoms with Gasteiger partial charge in [-0.3, -0.25) is 4.79 Å². The summed E-state index contributed by atoms with van der Waals surface area (Å²) in [5.74, 6) is 0.555. The molecule has 0 aliphatic carbocycles. The lowest BCUT2D eigenvalue weighted by Gasteiger charge is -2.05. The molecule has 0 radical (unpaired) electrons. The molecule has 0 atom stereocenters. The topological polar surface area (TPSA) is 91.2 Å². The lowest BCUT2D eigenvalue weighted by molar-refractivity contribution is 0.0995. The molecule has 0 saturated heterocycles. The van der Waals surface area contributed by atoms with E-state index < -0.39 is 5.91 Å². The van der Waals surface area contributed by atoms with Crippen LogP contribution in [0.2, 0.25) is 0 Å². The highest BCUT2D eigenvalue weighted by Crippen LogP contribution is 2.22. The highest BCUT2D eigenvalue weighted by atomic mass is 16.5. The zero-order valence-corrected chi connectivity index (χ0v) is 8.96. The van der Waals surface area contributed by atoms with Crippen LogP contribution in [0.25, 0.3) is 0 Å².